The number of anilines is 1. The molecule has 130 valence electrons. The number of hydrogen-bond acceptors (Lipinski definition) is 3. The number of benzene rings is 2. The van der Waals surface area contributed by atoms with E-state index in [0.29, 0.717) is 11.3 Å². The van der Waals surface area contributed by atoms with E-state index in [4.69, 9.17) is 0 Å². The summed E-state index contributed by atoms with van der Waals surface area (Å²) in [5.74, 6) is -0.408. The molecule has 6 heteroatoms. The van der Waals surface area contributed by atoms with E-state index in [9.17, 15) is 19.5 Å². The number of ketones is 1. The molecule has 0 aromatic heterocycles. The number of carbonyl (C=O) groups excluding carboxylic acids is 2. The minimum atomic E-state index is -1.16. The molecule has 0 fully saturated rings. The zero-order chi connectivity index (χ0) is 18.4. The summed E-state index contributed by atoms with van der Waals surface area (Å²) in [7, 11) is 1.58. The molecule has 0 spiro atoms. The lowest BCUT2D eigenvalue weighted by Crippen LogP contribution is -2.40. The summed E-state index contributed by atoms with van der Waals surface area (Å²) in [6.45, 7) is 1.35. The first kappa shape index (κ1) is 18.2. The molecule has 2 aromatic rings. The van der Waals surface area contributed by atoms with Crippen molar-refractivity contribution < 1.29 is 19.5 Å². The van der Waals surface area contributed by atoms with E-state index in [1.807, 2.05) is 30.3 Å². The maximum Gasteiger partial charge on any atom is 0.408 e. The first-order valence-corrected chi connectivity index (χ1v) is 7.78. The van der Waals surface area contributed by atoms with E-state index in [-0.39, 0.29) is 24.8 Å². The molecular formula is C19H20N2O4. The maximum absolute atomic E-state index is 12.4. The van der Waals surface area contributed by atoms with E-state index < -0.39 is 6.09 Å². The van der Waals surface area contributed by atoms with Crippen LogP contribution in [0.1, 0.15) is 22.8 Å². The molecule has 0 saturated heterocycles. The van der Waals surface area contributed by atoms with Crippen LogP contribution in [0, 0.1) is 0 Å². The second-order valence-corrected chi connectivity index (χ2v) is 5.68. The number of carboxylic acid groups (broad SMARTS) is 1. The van der Waals surface area contributed by atoms with Gasteiger partial charge in [-0.25, -0.2) is 4.79 Å². The van der Waals surface area contributed by atoms with Crippen LogP contribution in [0.4, 0.5) is 10.5 Å². The van der Waals surface area contributed by atoms with Gasteiger partial charge in [-0.1, -0.05) is 30.3 Å². The molecular weight excluding hydrogens is 320 g/mol. The number of rotatable bonds is 6. The van der Waals surface area contributed by atoms with Gasteiger partial charge in [0.25, 0.3) is 0 Å². The molecule has 2 amide bonds. The Kier molecular flexibility index (Phi) is 5.89. The van der Waals surface area contributed by atoms with Gasteiger partial charge in [-0.05, 0) is 36.8 Å². The largest absolute Gasteiger partial charge is 0.465 e. The van der Waals surface area contributed by atoms with Crippen molar-refractivity contribution in [1.29, 1.82) is 0 Å². The van der Waals surface area contributed by atoms with Gasteiger partial charge in [0.15, 0.2) is 5.78 Å². The van der Waals surface area contributed by atoms with Crippen LogP contribution in [-0.2, 0) is 11.3 Å². The molecule has 0 radical (unpaired) electrons. The number of Topliss-reactive ketones (excluding diaryl/α,β-unsaturated/α-hetero) is 1. The van der Waals surface area contributed by atoms with Crippen molar-refractivity contribution in [3.63, 3.8) is 0 Å². The minimum Gasteiger partial charge on any atom is -0.465 e. The fourth-order valence-corrected chi connectivity index (χ4v) is 2.33. The molecule has 0 unspecified atom stereocenters. The van der Waals surface area contributed by atoms with Crippen molar-refractivity contribution in [3.05, 3.63) is 65.7 Å². The normalized spacial score (nSPS) is 10.2. The minimum absolute atomic E-state index is 0.0551. The van der Waals surface area contributed by atoms with Crippen LogP contribution in [0.15, 0.2) is 54.6 Å². The molecule has 0 heterocycles. The van der Waals surface area contributed by atoms with Crippen molar-refractivity contribution in [3.8, 4) is 0 Å². The number of likely N-dealkylation sites (N-methyl/N-ethyl adjacent to an activating group) is 1. The van der Waals surface area contributed by atoms with Gasteiger partial charge in [0.05, 0.1) is 0 Å². The summed E-state index contributed by atoms with van der Waals surface area (Å²) in [5, 5.41) is 9.35. The smallest absolute Gasteiger partial charge is 0.408 e. The SMILES string of the molecule is CC(=O)c1ccc(N(C)C(=O)CN(Cc2ccccc2)C(=O)O)cc1. The van der Waals surface area contributed by atoms with Gasteiger partial charge in [-0.15, -0.1) is 0 Å². The van der Waals surface area contributed by atoms with Crippen LogP contribution in [-0.4, -0.2) is 41.4 Å². The molecule has 2 aromatic carbocycles. The van der Waals surface area contributed by atoms with Crippen LogP contribution >= 0.6 is 0 Å². The first-order chi connectivity index (χ1) is 11.9. The third kappa shape index (κ3) is 4.91. The summed E-state index contributed by atoms with van der Waals surface area (Å²) < 4.78 is 0. The monoisotopic (exact) mass is 340 g/mol. The van der Waals surface area contributed by atoms with Gasteiger partial charge in [-0.3, -0.25) is 14.5 Å². The zero-order valence-corrected chi connectivity index (χ0v) is 14.2. The lowest BCUT2D eigenvalue weighted by Gasteiger charge is -2.23. The van der Waals surface area contributed by atoms with E-state index in [2.05, 4.69) is 0 Å². The van der Waals surface area contributed by atoms with E-state index in [0.717, 1.165) is 10.5 Å². The standard InChI is InChI=1S/C19H20N2O4/c1-14(22)16-8-10-17(11-9-16)20(2)18(23)13-21(19(24)25)12-15-6-4-3-5-7-15/h3-11H,12-13H2,1-2H3,(H,24,25). The molecule has 25 heavy (non-hydrogen) atoms. The van der Waals surface area contributed by atoms with E-state index >= 15 is 0 Å². The fourth-order valence-electron chi connectivity index (χ4n) is 2.33. The van der Waals surface area contributed by atoms with Gasteiger partial charge >= 0.3 is 6.09 Å². The summed E-state index contributed by atoms with van der Waals surface area (Å²) >= 11 is 0. The Morgan fingerprint density at radius 1 is 0.960 bits per heavy atom. The summed E-state index contributed by atoms with van der Waals surface area (Å²) in [5.41, 5.74) is 1.96. The third-order valence-corrected chi connectivity index (χ3v) is 3.85. The summed E-state index contributed by atoms with van der Waals surface area (Å²) in [4.78, 5) is 37.6. The van der Waals surface area contributed by atoms with E-state index in [1.54, 1.807) is 31.3 Å². The highest BCUT2D eigenvalue weighted by Crippen LogP contribution is 2.15. The maximum atomic E-state index is 12.4. The molecule has 2 rings (SSSR count). The lowest BCUT2D eigenvalue weighted by molar-refractivity contribution is -0.119. The molecule has 0 bridgehead atoms. The van der Waals surface area contributed by atoms with Gasteiger partial charge in [0.1, 0.15) is 6.54 Å². The van der Waals surface area contributed by atoms with Gasteiger partial charge in [-0.2, -0.15) is 0 Å². The van der Waals surface area contributed by atoms with Gasteiger partial charge in [0, 0.05) is 24.8 Å². The summed E-state index contributed by atoms with van der Waals surface area (Å²) in [6, 6.07) is 15.7. The number of nitrogens with zero attached hydrogens (tertiary/aromatic N) is 2. The van der Waals surface area contributed by atoms with Crippen molar-refractivity contribution >= 4 is 23.5 Å². The zero-order valence-electron chi connectivity index (χ0n) is 14.2. The quantitative estimate of drug-likeness (QED) is 0.820. The number of amides is 2. The van der Waals surface area contributed by atoms with Gasteiger partial charge in [0.2, 0.25) is 5.91 Å². The average Bonchev–Trinajstić information content (AvgIpc) is 2.61. The topological polar surface area (TPSA) is 77.9 Å². The first-order valence-electron chi connectivity index (χ1n) is 7.78. The van der Waals surface area contributed by atoms with Crippen LogP contribution in [0.3, 0.4) is 0 Å². The molecule has 0 aliphatic carbocycles. The van der Waals surface area contributed by atoms with Crippen LogP contribution < -0.4 is 4.90 Å². The Labute approximate surface area is 146 Å². The van der Waals surface area contributed by atoms with Crippen molar-refractivity contribution in [1.82, 2.24) is 4.90 Å². The Morgan fingerprint density at radius 3 is 2.08 bits per heavy atom. The van der Waals surface area contributed by atoms with Crippen LogP contribution in [0.25, 0.3) is 0 Å². The Hall–Kier alpha value is -3.15. The number of hydrogen-bond donors (Lipinski definition) is 1. The highest BCUT2D eigenvalue weighted by molar-refractivity contribution is 5.97. The molecule has 1 N–H and O–H groups in total. The third-order valence-electron chi connectivity index (χ3n) is 3.85. The van der Waals surface area contributed by atoms with Crippen molar-refractivity contribution in [2.45, 2.75) is 13.5 Å². The number of carbonyl (C=O) groups is 3. The predicted molar refractivity (Wildman–Crippen MR) is 94.7 cm³/mol. The fraction of sp³-hybridized carbons (Fsp3) is 0.211. The average molecular weight is 340 g/mol. The highest BCUT2D eigenvalue weighted by atomic mass is 16.4. The predicted octanol–water partition coefficient (Wildman–Crippen LogP) is 3.03. The second-order valence-electron chi connectivity index (χ2n) is 5.68. The van der Waals surface area contributed by atoms with Crippen LogP contribution in [0.5, 0.6) is 0 Å². The molecule has 0 aliphatic rings. The second kappa shape index (κ2) is 8.10. The Bertz CT molecular complexity index is 757. The lowest BCUT2D eigenvalue weighted by atomic mass is 10.1. The summed E-state index contributed by atoms with van der Waals surface area (Å²) in [6.07, 6.45) is -1.16. The Balaban J connectivity index is 2.06. The van der Waals surface area contributed by atoms with Crippen LogP contribution in [0.2, 0.25) is 0 Å². The molecule has 6 nitrogen and oxygen atoms in total. The van der Waals surface area contributed by atoms with Crippen molar-refractivity contribution in [2.75, 3.05) is 18.5 Å². The molecule has 0 atom stereocenters. The highest BCUT2D eigenvalue weighted by Gasteiger charge is 2.20. The Morgan fingerprint density at radius 2 is 1.56 bits per heavy atom. The molecule has 0 aliphatic heterocycles. The van der Waals surface area contributed by atoms with Gasteiger partial charge < -0.3 is 10.0 Å². The van der Waals surface area contributed by atoms with E-state index in [1.165, 1.54) is 11.8 Å². The molecule has 0 saturated carbocycles. The van der Waals surface area contributed by atoms with Crippen molar-refractivity contribution in [2.24, 2.45) is 0 Å².